The molecule has 3 rings (SSSR count). The third-order valence-corrected chi connectivity index (χ3v) is 3.40. The summed E-state index contributed by atoms with van der Waals surface area (Å²) in [5.74, 6) is -1.10. The minimum Gasteiger partial charge on any atom is -0.378 e. The van der Waals surface area contributed by atoms with Crippen molar-refractivity contribution in [2.45, 2.75) is 12.7 Å². The van der Waals surface area contributed by atoms with Crippen molar-refractivity contribution in [3.8, 4) is 0 Å². The van der Waals surface area contributed by atoms with Gasteiger partial charge in [0.2, 0.25) is 4.96 Å². The molecule has 0 aliphatic heterocycles. The molecule has 0 aliphatic rings. The van der Waals surface area contributed by atoms with Gasteiger partial charge in [0.15, 0.2) is 0 Å². The summed E-state index contributed by atoms with van der Waals surface area (Å²) in [6.07, 6.45) is -4.56. The molecule has 0 saturated heterocycles. The quantitative estimate of drug-likeness (QED) is 0.808. The Bertz CT molecular complexity index is 719. The number of hydrogen-bond acceptors (Lipinski definition) is 5. The van der Waals surface area contributed by atoms with Crippen LogP contribution in [-0.4, -0.2) is 19.8 Å². The monoisotopic (exact) mass is 299 g/mol. The number of hydrogen-bond donors (Lipinski definition) is 1. The lowest BCUT2D eigenvalue weighted by atomic mass is 10.3. The lowest BCUT2D eigenvalue weighted by Crippen LogP contribution is -2.12. The van der Waals surface area contributed by atoms with E-state index in [1.165, 1.54) is 0 Å². The van der Waals surface area contributed by atoms with Gasteiger partial charge >= 0.3 is 6.18 Å². The zero-order chi connectivity index (χ0) is 14.2. The molecule has 0 bridgehead atoms. The molecule has 0 saturated carbocycles. The highest BCUT2D eigenvalue weighted by atomic mass is 32.1. The van der Waals surface area contributed by atoms with Crippen LogP contribution in [0, 0.1) is 0 Å². The summed E-state index contributed by atoms with van der Waals surface area (Å²) in [5.41, 5.74) is 0.870. The number of benzene rings is 1. The van der Waals surface area contributed by atoms with Gasteiger partial charge in [0.05, 0.1) is 6.54 Å². The van der Waals surface area contributed by atoms with Crippen LogP contribution in [-0.2, 0) is 12.7 Å². The van der Waals surface area contributed by atoms with E-state index >= 15 is 0 Å². The molecule has 5 nitrogen and oxygen atoms in total. The number of anilines is 1. The van der Waals surface area contributed by atoms with Crippen molar-refractivity contribution in [3.05, 3.63) is 41.2 Å². The summed E-state index contributed by atoms with van der Waals surface area (Å²) in [4.78, 5) is 0.127. The second-order valence-corrected chi connectivity index (χ2v) is 4.97. The number of halogens is 3. The van der Waals surface area contributed by atoms with E-state index in [1.54, 1.807) is 0 Å². The number of rotatable bonds is 3. The Morgan fingerprint density at radius 3 is 2.60 bits per heavy atom. The maximum Gasteiger partial charge on any atom is 0.453 e. The molecule has 0 atom stereocenters. The van der Waals surface area contributed by atoms with Crippen LogP contribution < -0.4 is 5.32 Å². The van der Waals surface area contributed by atoms with Crippen LogP contribution in [0.1, 0.15) is 10.8 Å². The molecule has 3 aromatic rings. The summed E-state index contributed by atoms with van der Waals surface area (Å²) < 4.78 is 38.6. The van der Waals surface area contributed by atoms with E-state index in [4.69, 9.17) is 0 Å². The van der Waals surface area contributed by atoms with Gasteiger partial charge in [-0.2, -0.15) is 22.8 Å². The third-order valence-electron chi connectivity index (χ3n) is 2.50. The first-order valence-electron chi connectivity index (χ1n) is 5.61. The third kappa shape index (κ3) is 2.44. The highest BCUT2D eigenvalue weighted by Gasteiger charge is 2.38. The van der Waals surface area contributed by atoms with Crippen LogP contribution in [0.5, 0.6) is 0 Å². The summed E-state index contributed by atoms with van der Waals surface area (Å²) >= 11 is 1.07. The van der Waals surface area contributed by atoms with E-state index < -0.39 is 12.0 Å². The zero-order valence-corrected chi connectivity index (χ0v) is 10.7. The van der Waals surface area contributed by atoms with E-state index in [0.717, 1.165) is 21.5 Å². The summed E-state index contributed by atoms with van der Waals surface area (Å²) in [5, 5.41) is 14.0. The molecule has 104 valence electrons. The molecule has 1 aromatic carbocycles. The maximum atomic E-state index is 12.6. The Hall–Kier alpha value is -2.16. The van der Waals surface area contributed by atoms with Crippen molar-refractivity contribution in [2.24, 2.45) is 0 Å². The largest absolute Gasteiger partial charge is 0.453 e. The number of nitrogens with zero attached hydrogens (tertiary/aromatic N) is 4. The summed E-state index contributed by atoms with van der Waals surface area (Å²) in [6, 6.07) is 9.33. The normalized spacial score (nSPS) is 11.9. The average Bonchev–Trinajstić information content (AvgIpc) is 2.95. The van der Waals surface area contributed by atoms with Gasteiger partial charge in [0.25, 0.3) is 5.82 Å². The van der Waals surface area contributed by atoms with Gasteiger partial charge in [-0.15, -0.1) is 10.2 Å². The molecule has 0 unspecified atom stereocenters. The van der Waals surface area contributed by atoms with Crippen molar-refractivity contribution in [2.75, 3.05) is 5.32 Å². The maximum absolute atomic E-state index is 12.6. The van der Waals surface area contributed by atoms with Crippen LogP contribution in [0.25, 0.3) is 4.96 Å². The number of aromatic nitrogens is 4. The molecular weight excluding hydrogens is 291 g/mol. The van der Waals surface area contributed by atoms with Crippen molar-refractivity contribution in [1.82, 2.24) is 19.8 Å². The first kappa shape index (κ1) is 12.9. The molecular formula is C11H8F3N5S. The lowest BCUT2D eigenvalue weighted by Gasteiger charge is -2.02. The topological polar surface area (TPSA) is 55.1 Å². The number of nitrogens with one attached hydrogen (secondary N) is 1. The molecule has 0 fully saturated rings. The Morgan fingerprint density at radius 2 is 1.90 bits per heavy atom. The van der Waals surface area contributed by atoms with Gasteiger partial charge in [-0.3, -0.25) is 0 Å². The second-order valence-electron chi connectivity index (χ2n) is 3.93. The minimum absolute atomic E-state index is 0.127. The molecule has 0 aliphatic carbocycles. The zero-order valence-electron chi connectivity index (χ0n) is 9.92. The van der Waals surface area contributed by atoms with Gasteiger partial charge in [0, 0.05) is 5.69 Å². The van der Waals surface area contributed by atoms with Crippen molar-refractivity contribution in [1.29, 1.82) is 0 Å². The van der Waals surface area contributed by atoms with Gasteiger partial charge in [-0.05, 0) is 12.1 Å². The number of para-hydroxylation sites is 1. The Morgan fingerprint density at radius 1 is 1.15 bits per heavy atom. The predicted molar refractivity (Wildman–Crippen MR) is 67.4 cm³/mol. The second kappa shape index (κ2) is 4.75. The average molecular weight is 299 g/mol. The molecule has 0 radical (unpaired) electrons. The molecule has 2 heterocycles. The Kier molecular flexibility index (Phi) is 3.05. The molecule has 9 heteroatoms. The predicted octanol–water partition coefficient (Wildman–Crippen LogP) is 2.82. The summed E-state index contributed by atoms with van der Waals surface area (Å²) in [6.45, 7) is 0.329. The van der Waals surface area contributed by atoms with Gasteiger partial charge in [-0.25, -0.2) is 0 Å². The van der Waals surface area contributed by atoms with E-state index in [1.807, 2.05) is 30.3 Å². The van der Waals surface area contributed by atoms with E-state index in [0.29, 0.717) is 11.6 Å². The van der Waals surface area contributed by atoms with Gasteiger partial charge in [0.1, 0.15) is 5.01 Å². The molecule has 1 N–H and O–H groups in total. The van der Waals surface area contributed by atoms with Crippen LogP contribution in [0.4, 0.5) is 18.9 Å². The molecule has 0 amide bonds. The Labute approximate surface area is 115 Å². The molecule has 2 aromatic heterocycles. The lowest BCUT2D eigenvalue weighted by molar-refractivity contribution is -0.146. The highest BCUT2D eigenvalue weighted by Crippen LogP contribution is 2.29. The Balaban J connectivity index is 1.82. The fourth-order valence-electron chi connectivity index (χ4n) is 1.64. The molecule has 0 spiro atoms. The van der Waals surface area contributed by atoms with Gasteiger partial charge in [-0.1, -0.05) is 29.5 Å². The van der Waals surface area contributed by atoms with Crippen LogP contribution in [0.2, 0.25) is 0 Å². The van der Waals surface area contributed by atoms with Crippen molar-refractivity contribution < 1.29 is 13.2 Å². The van der Waals surface area contributed by atoms with E-state index in [2.05, 4.69) is 20.6 Å². The fourth-order valence-corrected chi connectivity index (χ4v) is 2.41. The first-order valence-corrected chi connectivity index (χ1v) is 6.43. The SMILES string of the molecule is FC(F)(F)c1nnc2sc(CNc3ccccc3)nn12. The number of alkyl halides is 3. The highest BCUT2D eigenvalue weighted by molar-refractivity contribution is 7.16. The number of fused-ring (bicyclic) bond motifs is 1. The van der Waals surface area contributed by atoms with Crippen LogP contribution in [0.3, 0.4) is 0 Å². The van der Waals surface area contributed by atoms with Crippen molar-refractivity contribution >= 4 is 22.0 Å². The van der Waals surface area contributed by atoms with Crippen LogP contribution in [0.15, 0.2) is 30.3 Å². The summed E-state index contributed by atoms with van der Waals surface area (Å²) in [7, 11) is 0. The molecule has 20 heavy (non-hydrogen) atoms. The fraction of sp³-hybridized carbons (Fsp3) is 0.182. The van der Waals surface area contributed by atoms with E-state index in [9.17, 15) is 13.2 Å². The first-order chi connectivity index (χ1) is 9.54. The van der Waals surface area contributed by atoms with Crippen LogP contribution >= 0.6 is 11.3 Å². The van der Waals surface area contributed by atoms with E-state index in [-0.39, 0.29) is 4.96 Å². The minimum atomic E-state index is -4.56. The standard InChI is InChI=1S/C11H8F3N5S/c12-11(13,14)9-16-17-10-19(9)18-8(20-10)6-15-7-4-2-1-3-5-7/h1-5,15H,6H2. The smallest absolute Gasteiger partial charge is 0.378 e. The van der Waals surface area contributed by atoms with Gasteiger partial charge < -0.3 is 5.32 Å². The van der Waals surface area contributed by atoms with Crippen molar-refractivity contribution in [3.63, 3.8) is 0 Å².